The number of carboxylic acids is 1. The van der Waals surface area contributed by atoms with Gasteiger partial charge in [0.15, 0.2) is 0 Å². The van der Waals surface area contributed by atoms with E-state index < -0.39 is 23.6 Å². The molecule has 1 aromatic heterocycles. The molecule has 1 rings (SSSR count). The molecule has 6 heteroatoms. The zero-order valence-corrected chi connectivity index (χ0v) is 11.2. The average Bonchev–Trinajstić information content (AvgIpc) is 2.27. The van der Waals surface area contributed by atoms with Crippen molar-refractivity contribution in [2.24, 2.45) is 0 Å². The Kier molecular flexibility index (Phi) is 4.86. The molecule has 0 aliphatic carbocycles. The number of aromatic nitrogens is 1. The number of alkyl carbamates (subject to hydrolysis) is 1. The first-order chi connectivity index (χ1) is 8.79. The maximum Gasteiger partial charge on any atom is 0.407 e. The fourth-order valence-corrected chi connectivity index (χ4v) is 1.43. The van der Waals surface area contributed by atoms with E-state index in [0.717, 1.165) is 0 Å². The van der Waals surface area contributed by atoms with Crippen LogP contribution in [0.4, 0.5) is 4.79 Å². The molecule has 104 valence electrons. The third-order valence-electron chi connectivity index (χ3n) is 2.23. The lowest BCUT2D eigenvalue weighted by atomic mass is 10.0. The van der Waals surface area contributed by atoms with E-state index in [1.54, 1.807) is 39.1 Å². The van der Waals surface area contributed by atoms with Crippen LogP contribution in [0.2, 0.25) is 0 Å². The number of carboxylic acid groups (broad SMARTS) is 1. The smallest absolute Gasteiger partial charge is 0.407 e. The molecule has 0 spiro atoms. The predicted molar refractivity (Wildman–Crippen MR) is 68.9 cm³/mol. The summed E-state index contributed by atoms with van der Waals surface area (Å²) < 4.78 is 5.05. The molecule has 6 nitrogen and oxygen atoms in total. The second-order valence-corrected chi connectivity index (χ2v) is 5.06. The minimum atomic E-state index is -1.02. The van der Waals surface area contributed by atoms with E-state index in [1.165, 1.54) is 6.20 Å². The zero-order chi connectivity index (χ0) is 14.5. The van der Waals surface area contributed by atoms with Gasteiger partial charge in [-0.2, -0.15) is 0 Å². The summed E-state index contributed by atoms with van der Waals surface area (Å²) in [5.41, 5.74) is -0.0806. The third-order valence-corrected chi connectivity index (χ3v) is 2.23. The maximum absolute atomic E-state index is 11.5. The molecule has 0 aliphatic rings. The van der Waals surface area contributed by atoms with E-state index in [-0.39, 0.29) is 6.54 Å². The lowest BCUT2D eigenvalue weighted by Crippen LogP contribution is -2.36. The lowest BCUT2D eigenvalue weighted by molar-refractivity contribution is -0.138. The minimum absolute atomic E-state index is 0.0457. The summed E-state index contributed by atoms with van der Waals surface area (Å²) in [5.74, 6) is -1.87. The minimum Gasteiger partial charge on any atom is -0.481 e. The van der Waals surface area contributed by atoms with Gasteiger partial charge in [0.2, 0.25) is 0 Å². The SMILES string of the molecule is CC(C)(C)OC(=O)NCC(C(=O)O)c1cccnc1. The highest BCUT2D eigenvalue weighted by Crippen LogP contribution is 2.14. The van der Waals surface area contributed by atoms with E-state index in [9.17, 15) is 9.59 Å². The van der Waals surface area contributed by atoms with Gasteiger partial charge in [-0.1, -0.05) is 6.07 Å². The highest BCUT2D eigenvalue weighted by atomic mass is 16.6. The normalized spacial score (nSPS) is 12.6. The van der Waals surface area contributed by atoms with Crippen LogP contribution in [-0.2, 0) is 9.53 Å². The zero-order valence-electron chi connectivity index (χ0n) is 11.2. The summed E-state index contributed by atoms with van der Waals surface area (Å²) in [7, 11) is 0. The number of hydrogen-bond donors (Lipinski definition) is 2. The van der Waals surface area contributed by atoms with Crippen LogP contribution in [0.25, 0.3) is 0 Å². The van der Waals surface area contributed by atoms with Crippen molar-refractivity contribution in [3.63, 3.8) is 0 Å². The van der Waals surface area contributed by atoms with Gasteiger partial charge in [0.05, 0.1) is 0 Å². The van der Waals surface area contributed by atoms with Crippen LogP contribution in [-0.4, -0.2) is 34.3 Å². The van der Waals surface area contributed by atoms with Crippen molar-refractivity contribution in [2.45, 2.75) is 32.3 Å². The van der Waals surface area contributed by atoms with Crippen molar-refractivity contribution < 1.29 is 19.4 Å². The Bertz CT molecular complexity index is 440. The van der Waals surface area contributed by atoms with Gasteiger partial charge in [-0.3, -0.25) is 9.78 Å². The number of nitrogens with one attached hydrogen (secondary N) is 1. The number of ether oxygens (including phenoxy) is 1. The van der Waals surface area contributed by atoms with Crippen molar-refractivity contribution in [1.82, 2.24) is 10.3 Å². The predicted octanol–water partition coefficient (Wildman–Crippen LogP) is 1.77. The Morgan fingerprint density at radius 1 is 1.47 bits per heavy atom. The van der Waals surface area contributed by atoms with Gasteiger partial charge in [-0.15, -0.1) is 0 Å². The molecule has 1 atom stereocenters. The molecule has 0 fully saturated rings. The molecule has 1 amide bonds. The number of rotatable bonds is 4. The fraction of sp³-hybridized carbons (Fsp3) is 0.462. The molecule has 0 aliphatic heterocycles. The summed E-state index contributed by atoms with van der Waals surface area (Å²) >= 11 is 0. The number of pyridine rings is 1. The van der Waals surface area contributed by atoms with Crippen molar-refractivity contribution in [2.75, 3.05) is 6.54 Å². The molecule has 0 saturated heterocycles. The van der Waals surface area contributed by atoms with Gasteiger partial charge in [-0.05, 0) is 32.4 Å². The van der Waals surface area contributed by atoms with E-state index in [4.69, 9.17) is 9.84 Å². The summed E-state index contributed by atoms with van der Waals surface area (Å²) in [6.45, 7) is 5.17. The number of nitrogens with zero attached hydrogens (tertiary/aromatic N) is 1. The molecule has 1 heterocycles. The standard InChI is InChI=1S/C13H18N2O4/c1-13(2,3)19-12(18)15-8-10(11(16)17)9-5-4-6-14-7-9/h4-7,10H,8H2,1-3H3,(H,15,18)(H,16,17). The average molecular weight is 266 g/mol. The van der Waals surface area contributed by atoms with Gasteiger partial charge in [0.25, 0.3) is 0 Å². The van der Waals surface area contributed by atoms with Gasteiger partial charge in [0.1, 0.15) is 11.5 Å². The molecule has 0 saturated carbocycles. The van der Waals surface area contributed by atoms with E-state index in [0.29, 0.717) is 5.56 Å². The number of amides is 1. The van der Waals surface area contributed by atoms with Crippen LogP contribution < -0.4 is 5.32 Å². The molecule has 0 radical (unpaired) electrons. The van der Waals surface area contributed by atoms with Gasteiger partial charge in [0, 0.05) is 18.9 Å². The molecular weight excluding hydrogens is 248 g/mol. The van der Waals surface area contributed by atoms with Crippen LogP contribution in [0.5, 0.6) is 0 Å². The molecule has 2 N–H and O–H groups in total. The first-order valence-corrected chi connectivity index (χ1v) is 5.89. The Morgan fingerprint density at radius 2 is 2.16 bits per heavy atom. The van der Waals surface area contributed by atoms with Crippen molar-refractivity contribution >= 4 is 12.1 Å². The molecule has 0 bridgehead atoms. The number of aliphatic carboxylic acids is 1. The molecule has 0 aromatic carbocycles. The third kappa shape index (κ3) is 5.37. The van der Waals surface area contributed by atoms with Gasteiger partial charge < -0.3 is 15.2 Å². The topological polar surface area (TPSA) is 88.5 Å². The summed E-state index contributed by atoms with van der Waals surface area (Å²) in [6.07, 6.45) is 2.39. The molecular formula is C13H18N2O4. The van der Waals surface area contributed by atoms with Crippen molar-refractivity contribution in [1.29, 1.82) is 0 Å². The monoisotopic (exact) mass is 266 g/mol. The fourth-order valence-electron chi connectivity index (χ4n) is 1.43. The van der Waals surface area contributed by atoms with Gasteiger partial charge >= 0.3 is 12.1 Å². The molecule has 19 heavy (non-hydrogen) atoms. The summed E-state index contributed by atoms with van der Waals surface area (Å²) in [6, 6.07) is 3.31. The summed E-state index contributed by atoms with van der Waals surface area (Å²) in [4.78, 5) is 26.5. The first kappa shape index (κ1) is 14.9. The number of carbonyl (C=O) groups is 2. The van der Waals surface area contributed by atoms with Crippen LogP contribution in [0.1, 0.15) is 32.3 Å². The lowest BCUT2D eigenvalue weighted by Gasteiger charge is -2.20. The van der Waals surface area contributed by atoms with E-state index >= 15 is 0 Å². The Labute approximate surface area is 111 Å². The molecule has 1 aromatic rings. The second kappa shape index (κ2) is 6.17. The first-order valence-electron chi connectivity index (χ1n) is 5.89. The van der Waals surface area contributed by atoms with Crippen molar-refractivity contribution in [3.05, 3.63) is 30.1 Å². The summed E-state index contributed by atoms with van der Waals surface area (Å²) in [5, 5.41) is 11.6. The Hall–Kier alpha value is -2.11. The highest BCUT2D eigenvalue weighted by molar-refractivity contribution is 5.77. The number of carbonyl (C=O) groups excluding carboxylic acids is 1. The maximum atomic E-state index is 11.5. The Balaban J connectivity index is 2.62. The van der Waals surface area contributed by atoms with Gasteiger partial charge in [-0.25, -0.2) is 4.79 Å². The van der Waals surface area contributed by atoms with E-state index in [2.05, 4.69) is 10.3 Å². The van der Waals surface area contributed by atoms with Crippen molar-refractivity contribution in [3.8, 4) is 0 Å². The van der Waals surface area contributed by atoms with Crippen LogP contribution in [0, 0.1) is 0 Å². The van der Waals surface area contributed by atoms with Crippen LogP contribution >= 0.6 is 0 Å². The van der Waals surface area contributed by atoms with Crippen LogP contribution in [0.15, 0.2) is 24.5 Å². The van der Waals surface area contributed by atoms with E-state index in [1.807, 2.05) is 0 Å². The van der Waals surface area contributed by atoms with Crippen LogP contribution in [0.3, 0.4) is 0 Å². The highest BCUT2D eigenvalue weighted by Gasteiger charge is 2.22. The number of hydrogen-bond acceptors (Lipinski definition) is 4. The Morgan fingerprint density at radius 3 is 2.63 bits per heavy atom. The second-order valence-electron chi connectivity index (χ2n) is 5.06. The largest absolute Gasteiger partial charge is 0.481 e. The quantitative estimate of drug-likeness (QED) is 0.867. The molecule has 1 unspecified atom stereocenters.